The molecule has 0 unspecified atom stereocenters. The lowest BCUT2D eigenvalue weighted by molar-refractivity contribution is -0.132. The number of sulfonamides is 1. The van der Waals surface area contributed by atoms with E-state index in [9.17, 15) is 13.2 Å². The molecule has 0 spiro atoms. The zero-order valence-electron chi connectivity index (χ0n) is 15.1. The lowest BCUT2D eigenvalue weighted by Gasteiger charge is -2.38. The molecule has 26 heavy (non-hydrogen) atoms. The topological polar surface area (TPSA) is 66.5 Å². The van der Waals surface area contributed by atoms with Crippen LogP contribution in [0.2, 0.25) is 0 Å². The highest BCUT2D eigenvalue weighted by atomic mass is 32.2. The van der Waals surface area contributed by atoms with Crippen LogP contribution >= 0.6 is 11.3 Å². The summed E-state index contributed by atoms with van der Waals surface area (Å²) in [6.07, 6.45) is 1.36. The molecule has 140 valence electrons. The Labute approximate surface area is 159 Å². The average Bonchev–Trinajstić information content (AvgIpc) is 3.16. The maximum absolute atomic E-state index is 12.8. The van der Waals surface area contributed by atoms with Crippen LogP contribution < -0.4 is 5.32 Å². The molecule has 1 aliphatic heterocycles. The highest BCUT2D eigenvalue weighted by Crippen LogP contribution is 2.33. The fourth-order valence-electron chi connectivity index (χ4n) is 3.22. The molecule has 1 saturated heterocycles. The van der Waals surface area contributed by atoms with Crippen molar-refractivity contribution in [3.05, 3.63) is 52.9 Å². The second-order valence-corrected chi connectivity index (χ2v) is 10.2. The number of hydrogen-bond acceptors (Lipinski definition) is 4. The first-order valence-corrected chi connectivity index (χ1v) is 11.0. The van der Waals surface area contributed by atoms with E-state index in [2.05, 4.69) is 5.32 Å². The molecule has 1 N–H and O–H groups in total. The van der Waals surface area contributed by atoms with E-state index >= 15 is 0 Å². The van der Waals surface area contributed by atoms with Crippen molar-refractivity contribution in [1.29, 1.82) is 0 Å². The van der Waals surface area contributed by atoms with Gasteiger partial charge in [-0.15, -0.1) is 11.3 Å². The van der Waals surface area contributed by atoms with Gasteiger partial charge < -0.3 is 5.32 Å². The molecule has 2 aromatic rings. The van der Waals surface area contributed by atoms with Gasteiger partial charge in [-0.3, -0.25) is 4.79 Å². The van der Waals surface area contributed by atoms with Crippen LogP contribution in [0.4, 0.5) is 0 Å². The van der Waals surface area contributed by atoms with Gasteiger partial charge in [0, 0.05) is 19.6 Å². The number of hydrogen-bond donors (Lipinski definition) is 1. The summed E-state index contributed by atoms with van der Waals surface area (Å²) >= 11 is 1.21. The molecular formula is C19H24N2O3S2. The summed E-state index contributed by atoms with van der Waals surface area (Å²) < 4.78 is 27.3. The van der Waals surface area contributed by atoms with Gasteiger partial charge in [-0.05, 0) is 43.7 Å². The minimum atomic E-state index is -3.52. The third-order valence-electron chi connectivity index (χ3n) is 4.87. The van der Waals surface area contributed by atoms with Crippen LogP contribution in [-0.4, -0.2) is 31.7 Å². The van der Waals surface area contributed by atoms with Gasteiger partial charge >= 0.3 is 0 Å². The fourth-order valence-corrected chi connectivity index (χ4v) is 5.97. The van der Waals surface area contributed by atoms with Gasteiger partial charge in [0.25, 0.3) is 10.0 Å². The molecule has 1 amide bonds. The van der Waals surface area contributed by atoms with Crippen LogP contribution in [0.25, 0.3) is 0 Å². The predicted octanol–water partition coefficient (Wildman–Crippen LogP) is 3.16. The fraction of sp³-hybridized carbons (Fsp3) is 0.421. The number of thiophene rings is 1. The number of carbonyl (C=O) groups is 1. The number of piperidine rings is 1. The van der Waals surface area contributed by atoms with Crippen LogP contribution in [0, 0.1) is 12.3 Å². The molecule has 5 nitrogen and oxygen atoms in total. The van der Waals surface area contributed by atoms with E-state index in [-0.39, 0.29) is 12.5 Å². The van der Waals surface area contributed by atoms with Crippen LogP contribution in [0.15, 0.2) is 46.0 Å². The van der Waals surface area contributed by atoms with E-state index in [0.717, 1.165) is 5.56 Å². The molecule has 1 aromatic carbocycles. The Balaban J connectivity index is 1.68. The Morgan fingerprint density at radius 1 is 1.27 bits per heavy atom. The summed E-state index contributed by atoms with van der Waals surface area (Å²) in [6.45, 7) is 5.00. The van der Waals surface area contributed by atoms with Gasteiger partial charge in [0.2, 0.25) is 5.91 Å². The molecule has 1 fully saturated rings. The SMILES string of the molecule is Cc1ccc(CNC(=O)[C@@]2(C)CCCN(S(=O)(=O)c3cccs3)C2)cc1. The van der Waals surface area contributed by atoms with Gasteiger partial charge in [-0.25, -0.2) is 8.42 Å². The van der Waals surface area contributed by atoms with Crippen molar-refractivity contribution in [2.75, 3.05) is 13.1 Å². The normalized spacial score (nSPS) is 21.5. The number of aryl methyl sites for hydroxylation is 1. The molecule has 7 heteroatoms. The van der Waals surface area contributed by atoms with E-state index in [1.165, 1.54) is 21.2 Å². The Hall–Kier alpha value is -1.70. The highest BCUT2D eigenvalue weighted by molar-refractivity contribution is 7.91. The van der Waals surface area contributed by atoms with Crippen molar-refractivity contribution in [2.24, 2.45) is 5.41 Å². The molecule has 1 aliphatic rings. The molecule has 0 radical (unpaired) electrons. The highest BCUT2D eigenvalue weighted by Gasteiger charge is 2.42. The summed E-state index contributed by atoms with van der Waals surface area (Å²) in [6, 6.07) is 11.4. The minimum Gasteiger partial charge on any atom is -0.352 e. The molecule has 3 rings (SSSR count). The zero-order chi connectivity index (χ0) is 18.8. The molecular weight excluding hydrogens is 368 g/mol. The summed E-state index contributed by atoms with van der Waals surface area (Å²) in [5, 5.41) is 4.73. The second-order valence-electron chi connectivity index (χ2n) is 7.10. The summed E-state index contributed by atoms with van der Waals surface area (Å²) in [4.78, 5) is 12.8. The predicted molar refractivity (Wildman–Crippen MR) is 103 cm³/mol. The smallest absolute Gasteiger partial charge is 0.252 e. The second kappa shape index (κ2) is 7.50. The van der Waals surface area contributed by atoms with Crippen molar-refractivity contribution in [2.45, 2.75) is 37.4 Å². The summed E-state index contributed by atoms with van der Waals surface area (Å²) in [7, 11) is -3.52. The number of nitrogens with zero attached hydrogens (tertiary/aromatic N) is 1. The van der Waals surface area contributed by atoms with Crippen LogP contribution in [-0.2, 0) is 21.4 Å². The van der Waals surface area contributed by atoms with E-state index in [1.807, 2.05) is 38.1 Å². The summed E-state index contributed by atoms with van der Waals surface area (Å²) in [5.74, 6) is -0.0934. The number of nitrogens with one attached hydrogen (secondary N) is 1. The van der Waals surface area contributed by atoms with Gasteiger partial charge in [-0.2, -0.15) is 4.31 Å². The van der Waals surface area contributed by atoms with E-state index in [0.29, 0.717) is 30.1 Å². The van der Waals surface area contributed by atoms with E-state index in [4.69, 9.17) is 0 Å². The van der Waals surface area contributed by atoms with Crippen LogP contribution in [0.3, 0.4) is 0 Å². The van der Waals surface area contributed by atoms with Gasteiger partial charge in [0.15, 0.2) is 0 Å². The summed E-state index contributed by atoms with van der Waals surface area (Å²) in [5.41, 5.74) is 1.49. The Kier molecular flexibility index (Phi) is 5.50. The maximum Gasteiger partial charge on any atom is 0.252 e. The standard InChI is InChI=1S/C19H24N2O3S2/c1-15-6-8-16(9-7-15)13-20-18(22)19(2)10-4-11-21(14-19)26(23,24)17-5-3-12-25-17/h3,5-9,12H,4,10-11,13-14H2,1-2H3,(H,20,22)/t19-/m0/s1. The monoisotopic (exact) mass is 392 g/mol. The molecule has 1 atom stereocenters. The van der Waals surface area contributed by atoms with Crippen molar-refractivity contribution < 1.29 is 13.2 Å². The number of amides is 1. The Morgan fingerprint density at radius 2 is 2.00 bits per heavy atom. The van der Waals surface area contributed by atoms with Crippen molar-refractivity contribution in [3.8, 4) is 0 Å². The van der Waals surface area contributed by atoms with E-state index < -0.39 is 15.4 Å². The van der Waals surface area contributed by atoms with Gasteiger partial charge in [0.05, 0.1) is 5.41 Å². The number of rotatable bonds is 5. The Bertz CT molecular complexity index is 861. The molecule has 0 saturated carbocycles. The number of carbonyl (C=O) groups excluding carboxylic acids is 1. The minimum absolute atomic E-state index is 0.0934. The van der Waals surface area contributed by atoms with Gasteiger partial charge in [-0.1, -0.05) is 35.9 Å². The largest absolute Gasteiger partial charge is 0.352 e. The molecule has 0 aliphatic carbocycles. The molecule has 2 heterocycles. The van der Waals surface area contributed by atoms with E-state index in [1.54, 1.807) is 17.5 Å². The van der Waals surface area contributed by atoms with Crippen LogP contribution in [0.1, 0.15) is 30.9 Å². The first kappa shape index (κ1) is 19.1. The quantitative estimate of drug-likeness (QED) is 0.850. The lowest BCUT2D eigenvalue weighted by atomic mass is 9.82. The number of benzene rings is 1. The van der Waals surface area contributed by atoms with Crippen molar-refractivity contribution >= 4 is 27.3 Å². The van der Waals surface area contributed by atoms with Crippen LogP contribution in [0.5, 0.6) is 0 Å². The molecule has 1 aromatic heterocycles. The van der Waals surface area contributed by atoms with Crippen molar-refractivity contribution in [3.63, 3.8) is 0 Å². The lowest BCUT2D eigenvalue weighted by Crippen LogP contribution is -2.51. The first-order chi connectivity index (χ1) is 12.3. The van der Waals surface area contributed by atoms with Crippen molar-refractivity contribution in [1.82, 2.24) is 9.62 Å². The molecule has 0 bridgehead atoms. The third-order valence-corrected chi connectivity index (χ3v) is 8.09. The Morgan fingerprint density at radius 3 is 2.65 bits per heavy atom. The third kappa shape index (κ3) is 4.00. The van der Waals surface area contributed by atoms with Gasteiger partial charge in [0.1, 0.15) is 4.21 Å². The average molecular weight is 393 g/mol. The first-order valence-electron chi connectivity index (χ1n) is 8.69. The zero-order valence-corrected chi connectivity index (χ0v) is 16.7. The maximum atomic E-state index is 12.8.